The first kappa shape index (κ1) is 20.1. The zero-order valence-corrected chi connectivity index (χ0v) is 16.6. The molecule has 3 amide bonds. The molecule has 0 aromatic heterocycles. The van der Waals surface area contributed by atoms with Crippen molar-refractivity contribution in [3.05, 3.63) is 65.2 Å². The Hall–Kier alpha value is -3.19. The third-order valence-corrected chi connectivity index (χ3v) is 5.34. The Bertz CT molecular complexity index is 944. The Morgan fingerprint density at radius 1 is 1.00 bits per heavy atom. The van der Waals surface area contributed by atoms with Gasteiger partial charge >= 0.3 is 0 Å². The van der Waals surface area contributed by atoms with Crippen molar-refractivity contribution in [1.82, 2.24) is 10.2 Å². The number of benzene rings is 2. The van der Waals surface area contributed by atoms with Crippen LogP contribution in [0.15, 0.2) is 48.5 Å². The van der Waals surface area contributed by atoms with Gasteiger partial charge in [-0.25, -0.2) is 0 Å². The van der Waals surface area contributed by atoms with Crippen LogP contribution in [0.5, 0.6) is 5.75 Å². The maximum absolute atomic E-state index is 12.8. The minimum atomic E-state index is -0.623. The molecule has 0 radical (unpaired) electrons. The molecule has 0 aliphatic carbocycles. The van der Waals surface area contributed by atoms with E-state index in [0.717, 1.165) is 17.5 Å². The summed E-state index contributed by atoms with van der Waals surface area (Å²) in [4.78, 5) is 37.9. The number of ether oxygens (including phenoxy) is 2. The molecule has 156 valence electrons. The van der Waals surface area contributed by atoms with Gasteiger partial charge in [-0.05, 0) is 24.1 Å². The predicted molar refractivity (Wildman–Crippen MR) is 109 cm³/mol. The summed E-state index contributed by atoms with van der Waals surface area (Å²) in [6.07, 6.45) is 1.31. The van der Waals surface area contributed by atoms with Crippen LogP contribution in [-0.4, -0.2) is 41.9 Å². The van der Waals surface area contributed by atoms with Crippen molar-refractivity contribution in [2.75, 3.05) is 13.2 Å². The number of hydrogen-bond acceptors (Lipinski definition) is 5. The molecule has 0 bridgehead atoms. The molecule has 1 unspecified atom stereocenters. The zero-order chi connectivity index (χ0) is 20.9. The molecule has 1 N–H and O–H groups in total. The van der Waals surface area contributed by atoms with Crippen LogP contribution in [0.3, 0.4) is 0 Å². The van der Waals surface area contributed by atoms with Gasteiger partial charge in [0.15, 0.2) is 0 Å². The topological polar surface area (TPSA) is 84.9 Å². The van der Waals surface area contributed by atoms with Crippen LogP contribution in [0.4, 0.5) is 0 Å². The first-order chi connectivity index (χ1) is 14.6. The summed E-state index contributed by atoms with van der Waals surface area (Å²) in [5, 5.41) is 2.32. The van der Waals surface area contributed by atoms with Gasteiger partial charge in [0.1, 0.15) is 11.8 Å². The number of nitrogens with zero attached hydrogens (tertiary/aromatic N) is 1. The standard InChI is InChI=1S/C23H24N2O5/c26-21-11-10-19(22(27)24-21)25-14-18-17(23(25)28)8-4-9-20(18)30-13-5-12-29-15-16-6-2-1-3-7-16/h1-4,6-9,19H,5,10-15H2,(H,24,26,27). The maximum atomic E-state index is 12.8. The second-order valence-electron chi connectivity index (χ2n) is 7.42. The van der Waals surface area contributed by atoms with Crippen LogP contribution in [0.2, 0.25) is 0 Å². The summed E-state index contributed by atoms with van der Waals surface area (Å²) >= 11 is 0. The molecule has 7 nitrogen and oxygen atoms in total. The molecule has 30 heavy (non-hydrogen) atoms. The number of imide groups is 1. The van der Waals surface area contributed by atoms with Gasteiger partial charge in [0, 0.05) is 24.0 Å². The Morgan fingerprint density at radius 3 is 2.63 bits per heavy atom. The monoisotopic (exact) mass is 408 g/mol. The minimum absolute atomic E-state index is 0.198. The number of nitrogens with one attached hydrogen (secondary N) is 1. The fourth-order valence-corrected chi connectivity index (χ4v) is 3.80. The summed E-state index contributed by atoms with van der Waals surface area (Å²) in [5.74, 6) is -0.251. The lowest BCUT2D eigenvalue weighted by molar-refractivity contribution is -0.136. The van der Waals surface area contributed by atoms with Gasteiger partial charge in [-0.2, -0.15) is 0 Å². The number of fused-ring (bicyclic) bond motifs is 1. The van der Waals surface area contributed by atoms with E-state index in [1.807, 2.05) is 36.4 Å². The number of piperidine rings is 1. The van der Waals surface area contributed by atoms with Crippen molar-refractivity contribution < 1.29 is 23.9 Å². The van der Waals surface area contributed by atoms with Gasteiger partial charge in [0.2, 0.25) is 11.8 Å². The second-order valence-corrected chi connectivity index (χ2v) is 7.42. The number of hydrogen-bond donors (Lipinski definition) is 1. The van der Waals surface area contributed by atoms with Gasteiger partial charge < -0.3 is 14.4 Å². The number of rotatable bonds is 8. The highest BCUT2D eigenvalue weighted by Crippen LogP contribution is 2.33. The highest BCUT2D eigenvalue weighted by atomic mass is 16.5. The predicted octanol–water partition coefficient (Wildman–Crippen LogP) is 2.43. The van der Waals surface area contributed by atoms with E-state index in [9.17, 15) is 14.4 Å². The van der Waals surface area contributed by atoms with E-state index in [1.165, 1.54) is 4.90 Å². The van der Waals surface area contributed by atoms with Crippen molar-refractivity contribution in [3.8, 4) is 5.75 Å². The summed E-state index contributed by atoms with van der Waals surface area (Å²) in [6.45, 7) is 1.92. The van der Waals surface area contributed by atoms with E-state index >= 15 is 0 Å². The van der Waals surface area contributed by atoms with Gasteiger partial charge in [0.05, 0.1) is 26.4 Å². The van der Waals surface area contributed by atoms with Crippen LogP contribution in [0.25, 0.3) is 0 Å². The molecule has 1 fully saturated rings. The molecule has 7 heteroatoms. The molecule has 1 saturated heterocycles. The van der Waals surface area contributed by atoms with Crippen LogP contribution in [-0.2, 0) is 27.5 Å². The number of carbonyl (C=O) groups is 3. The molecule has 4 rings (SSSR count). The molecular formula is C23H24N2O5. The van der Waals surface area contributed by atoms with Crippen LogP contribution < -0.4 is 10.1 Å². The molecule has 0 saturated carbocycles. The fraction of sp³-hybridized carbons (Fsp3) is 0.348. The minimum Gasteiger partial charge on any atom is -0.493 e. The molecular weight excluding hydrogens is 384 g/mol. The molecule has 2 heterocycles. The van der Waals surface area contributed by atoms with Crippen molar-refractivity contribution in [3.63, 3.8) is 0 Å². The van der Waals surface area contributed by atoms with Gasteiger partial charge in [-0.15, -0.1) is 0 Å². The zero-order valence-electron chi connectivity index (χ0n) is 16.6. The molecule has 1 atom stereocenters. The van der Waals surface area contributed by atoms with Crippen molar-refractivity contribution in [2.24, 2.45) is 0 Å². The van der Waals surface area contributed by atoms with E-state index in [2.05, 4.69) is 5.32 Å². The van der Waals surface area contributed by atoms with Gasteiger partial charge in [-0.1, -0.05) is 36.4 Å². The normalized spacial score (nSPS) is 18.3. The number of carbonyl (C=O) groups excluding carboxylic acids is 3. The number of amides is 3. The lowest BCUT2D eigenvalue weighted by Crippen LogP contribution is -2.52. The van der Waals surface area contributed by atoms with Crippen molar-refractivity contribution in [2.45, 2.75) is 38.5 Å². The van der Waals surface area contributed by atoms with Gasteiger partial charge in [0.25, 0.3) is 5.91 Å². The van der Waals surface area contributed by atoms with Crippen LogP contribution in [0.1, 0.15) is 40.7 Å². The molecule has 2 aliphatic heterocycles. The molecule has 2 aliphatic rings. The summed E-state index contributed by atoms with van der Waals surface area (Å²) in [6, 6.07) is 14.7. The highest BCUT2D eigenvalue weighted by Gasteiger charge is 2.40. The quantitative estimate of drug-likeness (QED) is 0.536. The van der Waals surface area contributed by atoms with E-state index in [0.29, 0.717) is 44.1 Å². The molecule has 0 spiro atoms. The van der Waals surface area contributed by atoms with Crippen LogP contribution >= 0.6 is 0 Å². The van der Waals surface area contributed by atoms with E-state index in [-0.39, 0.29) is 18.2 Å². The summed E-state index contributed by atoms with van der Waals surface area (Å²) < 4.78 is 11.6. The van der Waals surface area contributed by atoms with E-state index in [4.69, 9.17) is 9.47 Å². The average molecular weight is 408 g/mol. The van der Waals surface area contributed by atoms with E-state index < -0.39 is 11.9 Å². The largest absolute Gasteiger partial charge is 0.493 e. The Balaban J connectivity index is 1.30. The maximum Gasteiger partial charge on any atom is 0.255 e. The van der Waals surface area contributed by atoms with Crippen molar-refractivity contribution in [1.29, 1.82) is 0 Å². The smallest absolute Gasteiger partial charge is 0.255 e. The lowest BCUT2D eigenvalue weighted by Gasteiger charge is -2.29. The lowest BCUT2D eigenvalue weighted by atomic mass is 10.0. The van der Waals surface area contributed by atoms with E-state index in [1.54, 1.807) is 12.1 Å². The Kier molecular flexibility index (Phi) is 6.09. The molecule has 2 aromatic rings. The third kappa shape index (κ3) is 4.36. The van der Waals surface area contributed by atoms with Crippen LogP contribution in [0, 0.1) is 0 Å². The fourth-order valence-electron chi connectivity index (χ4n) is 3.80. The first-order valence-corrected chi connectivity index (χ1v) is 10.1. The summed E-state index contributed by atoms with van der Waals surface area (Å²) in [5.41, 5.74) is 2.47. The van der Waals surface area contributed by atoms with Gasteiger partial charge in [-0.3, -0.25) is 19.7 Å². The van der Waals surface area contributed by atoms with Crippen molar-refractivity contribution >= 4 is 17.7 Å². The highest BCUT2D eigenvalue weighted by molar-refractivity contribution is 6.05. The summed E-state index contributed by atoms with van der Waals surface area (Å²) in [7, 11) is 0. The third-order valence-electron chi connectivity index (χ3n) is 5.34. The second kappa shape index (κ2) is 9.09. The Morgan fingerprint density at radius 2 is 1.83 bits per heavy atom. The Labute approximate surface area is 175 Å². The average Bonchev–Trinajstić information content (AvgIpc) is 3.08. The SMILES string of the molecule is O=C1CCC(N2Cc3c(OCCCOCc4ccccc4)cccc3C2=O)C(=O)N1. The first-order valence-electron chi connectivity index (χ1n) is 10.1. The molecule has 2 aromatic carbocycles.